The summed E-state index contributed by atoms with van der Waals surface area (Å²) >= 11 is 18.3. The molecule has 0 spiro atoms. The molecule has 3 rings (SSSR count). The highest BCUT2D eigenvalue weighted by molar-refractivity contribution is 8.00. The lowest BCUT2D eigenvalue weighted by Crippen LogP contribution is -2.08. The van der Waals surface area contributed by atoms with Crippen molar-refractivity contribution in [3.05, 3.63) is 86.6 Å². The first-order valence-corrected chi connectivity index (χ1v) is 9.85. The van der Waals surface area contributed by atoms with E-state index in [0.29, 0.717) is 10.6 Å². The van der Waals surface area contributed by atoms with Crippen LogP contribution in [-0.4, -0.2) is 10.8 Å². The molecule has 0 aliphatic heterocycles. The molecule has 1 heterocycles. The van der Waals surface area contributed by atoms with Crippen molar-refractivity contribution in [2.75, 3.05) is 4.72 Å². The van der Waals surface area contributed by atoms with Crippen molar-refractivity contribution in [3.63, 3.8) is 0 Å². The second-order valence-corrected chi connectivity index (χ2v) is 7.89. The fraction of sp³-hybridized carbons (Fsp3) is 0.0526. The van der Waals surface area contributed by atoms with Crippen molar-refractivity contribution in [1.29, 1.82) is 0 Å². The molecule has 0 amide bonds. The first-order valence-electron chi connectivity index (χ1n) is 7.90. The number of carbonyl (C=O) groups is 1. The van der Waals surface area contributed by atoms with Gasteiger partial charge in [0.2, 0.25) is 5.78 Å². The third-order valence-electron chi connectivity index (χ3n) is 3.70. The van der Waals surface area contributed by atoms with Gasteiger partial charge in [0, 0.05) is 21.7 Å². The number of ketones is 1. The first-order chi connectivity index (χ1) is 13.6. The number of hydrogen-bond donors (Lipinski definition) is 1. The van der Waals surface area contributed by atoms with E-state index in [2.05, 4.69) is 9.71 Å². The Kier molecular flexibility index (Phi) is 6.63. The molecule has 0 aliphatic rings. The van der Waals surface area contributed by atoms with Crippen molar-refractivity contribution in [1.82, 2.24) is 4.98 Å². The second kappa shape index (κ2) is 8.83. The number of benzene rings is 2. The van der Waals surface area contributed by atoms with Crippen LogP contribution in [0.3, 0.4) is 0 Å². The van der Waals surface area contributed by atoms with Crippen molar-refractivity contribution in [2.24, 2.45) is 0 Å². The Hall–Kier alpha value is -1.93. The molecule has 0 saturated heterocycles. The Morgan fingerprint density at radius 3 is 2.31 bits per heavy atom. The summed E-state index contributed by atoms with van der Waals surface area (Å²) in [6.45, 7) is 0. The van der Waals surface area contributed by atoms with Gasteiger partial charge in [-0.3, -0.25) is 4.79 Å². The zero-order valence-corrected chi connectivity index (χ0v) is 17.3. The standard InChI is InChI=1S/C19H10Cl3F3N2OS/c20-11-3-1-10(2-4-11)18(28)17-16(7-12(21)9-26-17)27-29-13-5-6-15(22)14(8-13)19(23,24)25/h1-9,27H. The summed E-state index contributed by atoms with van der Waals surface area (Å²) in [6.07, 6.45) is -3.27. The molecule has 1 N–H and O–H groups in total. The summed E-state index contributed by atoms with van der Waals surface area (Å²) < 4.78 is 41.9. The summed E-state index contributed by atoms with van der Waals surface area (Å²) in [7, 11) is 0. The predicted molar refractivity (Wildman–Crippen MR) is 110 cm³/mol. The Morgan fingerprint density at radius 2 is 1.66 bits per heavy atom. The Labute approximate surface area is 183 Å². The summed E-state index contributed by atoms with van der Waals surface area (Å²) in [6, 6.07) is 11.2. The highest BCUT2D eigenvalue weighted by atomic mass is 35.5. The van der Waals surface area contributed by atoms with Crippen molar-refractivity contribution in [3.8, 4) is 0 Å². The van der Waals surface area contributed by atoms with Gasteiger partial charge in [-0.05, 0) is 60.5 Å². The lowest BCUT2D eigenvalue weighted by molar-refractivity contribution is -0.137. The minimum absolute atomic E-state index is 0.0641. The van der Waals surface area contributed by atoms with Gasteiger partial charge in [0.1, 0.15) is 5.69 Å². The highest BCUT2D eigenvalue weighted by Crippen LogP contribution is 2.37. The number of halogens is 6. The van der Waals surface area contributed by atoms with Crippen LogP contribution in [0.4, 0.5) is 18.9 Å². The van der Waals surface area contributed by atoms with E-state index in [1.165, 1.54) is 18.3 Å². The van der Waals surface area contributed by atoms with Crippen LogP contribution in [0, 0.1) is 0 Å². The molecule has 0 radical (unpaired) electrons. The number of aromatic nitrogens is 1. The Balaban J connectivity index is 1.87. The fourth-order valence-corrected chi connectivity index (χ4v) is 3.54. The van der Waals surface area contributed by atoms with E-state index >= 15 is 0 Å². The molecule has 0 bridgehead atoms. The minimum Gasteiger partial charge on any atom is -0.324 e. The van der Waals surface area contributed by atoms with Gasteiger partial charge < -0.3 is 4.72 Å². The van der Waals surface area contributed by atoms with Crippen LogP contribution >= 0.6 is 46.8 Å². The topological polar surface area (TPSA) is 42.0 Å². The van der Waals surface area contributed by atoms with Crippen LogP contribution in [0.15, 0.2) is 59.6 Å². The lowest BCUT2D eigenvalue weighted by Gasteiger charge is -2.13. The van der Waals surface area contributed by atoms with E-state index in [4.69, 9.17) is 34.8 Å². The van der Waals surface area contributed by atoms with Gasteiger partial charge in [-0.15, -0.1) is 0 Å². The van der Waals surface area contributed by atoms with Crippen LogP contribution in [0.1, 0.15) is 21.6 Å². The normalized spacial score (nSPS) is 11.4. The van der Waals surface area contributed by atoms with Gasteiger partial charge in [-0.1, -0.05) is 34.8 Å². The third-order valence-corrected chi connectivity index (χ3v) is 5.30. The summed E-state index contributed by atoms with van der Waals surface area (Å²) in [5.41, 5.74) is -0.282. The zero-order valence-electron chi connectivity index (χ0n) is 14.2. The molecular formula is C19H10Cl3F3N2OS. The number of alkyl halides is 3. The maximum Gasteiger partial charge on any atom is 0.417 e. The van der Waals surface area contributed by atoms with Gasteiger partial charge in [0.25, 0.3) is 0 Å². The molecule has 0 unspecified atom stereocenters. The second-order valence-electron chi connectivity index (χ2n) is 5.73. The summed E-state index contributed by atoms with van der Waals surface area (Å²) in [5.74, 6) is -0.395. The van der Waals surface area contributed by atoms with Crippen LogP contribution in [0.5, 0.6) is 0 Å². The number of nitrogens with zero attached hydrogens (tertiary/aromatic N) is 1. The minimum atomic E-state index is -4.58. The van der Waals surface area contributed by atoms with E-state index in [1.807, 2.05) is 0 Å². The smallest absolute Gasteiger partial charge is 0.324 e. The van der Waals surface area contributed by atoms with Gasteiger partial charge in [-0.25, -0.2) is 4.98 Å². The van der Waals surface area contributed by atoms with E-state index in [1.54, 1.807) is 24.3 Å². The largest absolute Gasteiger partial charge is 0.417 e. The molecule has 10 heteroatoms. The zero-order chi connectivity index (χ0) is 21.2. The van der Waals surface area contributed by atoms with Crippen LogP contribution in [0.25, 0.3) is 0 Å². The number of pyridine rings is 1. The average molecular weight is 478 g/mol. The van der Waals surface area contributed by atoms with E-state index < -0.39 is 22.5 Å². The quantitative estimate of drug-likeness (QED) is 0.307. The summed E-state index contributed by atoms with van der Waals surface area (Å²) in [5, 5.41) is 0.334. The molecule has 1 aromatic heterocycles. The average Bonchev–Trinajstić information content (AvgIpc) is 2.66. The molecular weight excluding hydrogens is 468 g/mol. The molecule has 3 aromatic rings. The monoisotopic (exact) mass is 476 g/mol. The Bertz CT molecular complexity index is 1060. The number of anilines is 1. The third kappa shape index (κ3) is 5.36. The fourth-order valence-electron chi connectivity index (χ4n) is 2.34. The number of nitrogens with one attached hydrogen (secondary N) is 1. The molecule has 0 fully saturated rings. The predicted octanol–water partition coefficient (Wildman–Crippen LogP) is 7.41. The molecule has 0 atom stereocenters. The lowest BCUT2D eigenvalue weighted by atomic mass is 10.1. The number of carbonyl (C=O) groups excluding carboxylic acids is 1. The molecule has 0 aliphatic carbocycles. The van der Waals surface area contributed by atoms with Crippen molar-refractivity contribution >= 4 is 58.2 Å². The number of rotatable bonds is 5. The van der Waals surface area contributed by atoms with Crippen molar-refractivity contribution in [2.45, 2.75) is 11.1 Å². The highest BCUT2D eigenvalue weighted by Gasteiger charge is 2.33. The van der Waals surface area contributed by atoms with Gasteiger partial charge in [-0.2, -0.15) is 13.2 Å². The Morgan fingerprint density at radius 1 is 0.966 bits per heavy atom. The van der Waals surface area contributed by atoms with E-state index in [-0.39, 0.29) is 21.3 Å². The van der Waals surface area contributed by atoms with Gasteiger partial charge >= 0.3 is 6.18 Å². The molecule has 150 valence electrons. The van der Waals surface area contributed by atoms with E-state index in [0.717, 1.165) is 24.1 Å². The van der Waals surface area contributed by atoms with Crippen LogP contribution < -0.4 is 4.72 Å². The maximum atomic E-state index is 13.0. The van der Waals surface area contributed by atoms with Gasteiger partial charge in [0.15, 0.2) is 0 Å². The van der Waals surface area contributed by atoms with E-state index in [9.17, 15) is 18.0 Å². The molecule has 0 saturated carbocycles. The molecule has 2 aromatic carbocycles. The SMILES string of the molecule is O=C(c1ccc(Cl)cc1)c1ncc(Cl)cc1NSc1ccc(Cl)c(C(F)(F)F)c1. The van der Waals surface area contributed by atoms with Gasteiger partial charge in [0.05, 0.1) is 21.3 Å². The summed E-state index contributed by atoms with van der Waals surface area (Å²) in [4.78, 5) is 17.1. The van der Waals surface area contributed by atoms with Crippen LogP contribution in [-0.2, 0) is 6.18 Å². The molecule has 3 nitrogen and oxygen atoms in total. The van der Waals surface area contributed by atoms with Crippen LogP contribution in [0.2, 0.25) is 15.1 Å². The van der Waals surface area contributed by atoms with Crippen molar-refractivity contribution < 1.29 is 18.0 Å². The number of hydrogen-bond acceptors (Lipinski definition) is 4. The first kappa shape index (κ1) is 21.8. The molecule has 29 heavy (non-hydrogen) atoms. The maximum absolute atomic E-state index is 13.0.